The number of benzene rings is 1. The Bertz CT molecular complexity index is 1050. The first-order chi connectivity index (χ1) is 13.0. The first-order valence-electron chi connectivity index (χ1n) is 8.34. The number of aryl methyl sites for hydroxylation is 3. The molecule has 0 aliphatic carbocycles. The second kappa shape index (κ2) is 7.81. The molecule has 9 heteroatoms. The van der Waals surface area contributed by atoms with Crippen molar-refractivity contribution in [3.05, 3.63) is 52.7 Å². The molecular weight excluding hydrogens is 350 g/mol. The van der Waals surface area contributed by atoms with Gasteiger partial charge >= 0.3 is 5.97 Å². The smallest absolute Gasteiger partial charge is 0.308 e. The van der Waals surface area contributed by atoms with Crippen molar-refractivity contribution in [3.8, 4) is 0 Å². The van der Waals surface area contributed by atoms with E-state index >= 15 is 0 Å². The van der Waals surface area contributed by atoms with E-state index in [1.807, 2.05) is 19.1 Å². The number of ether oxygens (including phenoxy) is 1. The Labute approximate surface area is 154 Å². The maximum absolute atomic E-state index is 12.3. The Morgan fingerprint density at radius 1 is 1.26 bits per heavy atom. The van der Waals surface area contributed by atoms with Crippen molar-refractivity contribution >= 4 is 28.6 Å². The molecule has 1 aromatic carbocycles. The van der Waals surface area contributed by atoms with Crippen molar-refractivity contribution in [2.75, 3.05) is 11.9 Å². The molecule has 2 aromatic heterocycles. The molecule has 27 heavy (non-hydrogen) atoms. The van der Waals surface area contributed by atoms with Crippen LogP contribution in [0.2, 0.25) is 0 Å². The molecule has 0 radical (unpaired) electrons. The predicted molar refractivity (Wildman–Crippen MR) is 98.2 cm³/mol. The molecule has 0 saturated carbocycles. The van der Waals surface area contributed by atoms with E-state index < -0.39 is 11.9 Å². The zero-order valence-electron chi connectivity index (χ0n) is 15.0. The van der Waals surface area contributed by atoms with Crippen molar-refractivity contribution in [3.63, 3.8) is 0 Å². The lowest BCUT2D eigenvalue weighted by Crippen LogP contribution is -2.24. The zero-order chi connectivity index (χ0) is 19.4. The largest absolute Gasteiger partial charge is 0.456 e. The van der Waals surface area contributed by atoms with E-state index in [1.54, 1.807) is 19.2 Å². The number of nitrogens with zero attached hydrogens (tertiary/aromatic N) is 4. The molecule has 1 N–H and O–H groups in total. The van der Waals surface area contributed by atoms with Gasteiger partial charge in [-0.1, -0.05) is 18.2 Å². The van der Waals surface area contributed by atoms with Gasteiger partial charge < -0.3 is 10.1 Å². The molecule has 1 amide bonds. The monoisotopic (exact) mass is 369 g/mol. The number of aromatic nitrogens is 4. The van der Waals surface area contributed by atoms with E-state index in [0.29, 0.717) is 16.7 Å². The van der Waals surface area contributed by atoms with Crippen LogP contribution in [0, 0.1) is 6.92 Å². The number of para-hydroxylation sites is 1. The highest BCUT2D eigenvalue weighted by molar-refractivity contribution is 5.93. The Morgan fingerprint density at radius 2 is 2.04 bits per heavy atom. The van der Waals surface area contributed by atoms with Crippen molar-refractivity contribution in [1.82, 2.24) is 19.3 Å². The molecule has 3 aromatic rings. The van der Waals surface area contributed by atoms with Gasteiger partial charge in [0.05, 0.1) is 18.9 Å². The highest BCUT2D eigenvalue weighted by Crippen LogP contribution is 2.12. The lowest BCUT2D eigenvalue weighted by atomic mass is 10.2. The number of nitrogens with one attached hydrogen (secondary N) is 1. The van der Waals surface area contributed by atoms with Crippen molar-refractivity contribution in [2.24, 2.45) is 7.05 Å². The van der Waals surface area contributed by atoms with Gasteiger partial charge in [-0.15, -0.1) is 0 Å². The highest BCUT2D eigenvalue weighted by atomic mass is 16.5. The lowest BCUT2D eigenvalue weighted by Gasteiger charge is -2.09. The summed E-state index contributed by atoms with van der Waals surface area (Å²) in [5.74, 6) is -0.999. The second-order valence-corrected chi connectivity index (χ2v) is 6.02. The van der Waals surface area contributed by atoms with Crippen LogP contribution in [0.15, 0.2) is 41.6 Å². The number of esters is 1. The van der Waals surface area contributed by atoms with Crippen LogP contribution in [-0.2, 0) is 27.9 Å². The van der Waals surface area contributed by atoms with Crippen LogP contribution >= 0.6 is 0 Å². The molecule has 2 heterocycles. The van der Waals surface area contributed by atoms with Crippen LogP contribution in [0.3, 0.4) is 0 Å². The van der Waals surface area contributed by atoms with Gasteiger partial charge in [-0.25, -0.2) is 4.98 Å². The summed E-state index contributed by atoms with van der Waals surface area (Å²) >= 11 is 0. The topological polar surface area (TPSA) is 108 Å². The maximum Gasteiger partial charge on any atom is 0.308 e. The molecule has 9 nitrogen and oxygen atoms in total. The summed E-state index contributed by atoms with van der Waals surface area (Å²) < 4.78 is 7.79. The molecule has 0 saturated heterocycles. The van der Waals surface area contributed by atoms with E-state index in [0.717, 1.165) is 5.56 Å². The van der Waals surface area contributed by atoms with Crippen LogP contribution in [0.25, 0.3) is 11.0 Å². The number of hydrogen-bond donors (Lipinski definition) is 1. The Morgan fingerprint density at radius 3 is 2.81 bits per heavy atom. The van der Waals surface area contributed by atoms with Gasteiger partial charge in [-0.2, -0.15) is 5.10 Å². The van der Waals surface area contributed by atoms with Gasteiger partial charge in [0.1, 0.15) is 5.39 Å². The third kappa shape index (κ3) is 4.20. The summed E-state index contributed by atoms with van der Waals surface area (Å²) in [5, 5.41) is 7.05. The van der Waals surface area contributed by atoms with Crippen LogP contribution in [-0.4, -0.2) is 37.8 Å². The van der Waals surface area contributed by atoms with Crippen LogP contribution in [0.5, 0.6) is 0 Å². The van der Waals surface area contributed by atoms with E-state index in [9.17, 15) is 14.4 Å². The standard InChI is InChI=1S/C18H19N5O4/c1-12-5-3-4-6-14(12)21-15(24)10-27-16(25)7-8-23-11-19-17-13(18(23)26)9-20-22(17)2/h3-6,9,11H,7-8,10H2,1-2H3,(H,21,24). The SMILES string of the molecule is Cc1ccccc1NC(=O)COC(=O)CCn1cnc2c(cnn2C)c1=O. The van der Waals surface area contributed by atoms with Gasteiger partial charge in [0.15, 0.2) is 12.3 Å². The van der Waals surface area contributed by atoms with Gasteiger partial charge in [0, 0.05) is 19.3 Å². The predicted octanol–water partition coefficient (Wildman–Crippen LogP) is 1.01. The average molecular weight is 369 g/mol. The van der Waals surface area contributed by atoms with Crippen LogP contribution in [0.1, 0.15) is 12.0 Å². The first kappa shape index (κ1) is 18.3. The highest BCUT2D eigenvalue weighted by Gasteiger charge is 2.12. The Hall–Kier alpha value is -3.49. The summed E-state index contributed by atoms with van der Waals surface area (Å²) in [6.07, 6.45) is 2.75. The van der Waals surface area contributed by atoms with Crippen molar-refractivity contribution in [1.29, 1.82) is 0 Å². The number of hydrogen-bond acceptors (Lipinski definition) is 6. The maximum atomic E-state index is 12.3. The van der Waals surface area contributed by atoms with Gasteiger partial charge in [0.2, 0.25) is 0 Å². The first-order valence-corrected chi connectivity index (χ1v) is 8.34. The normalized spacial score (nSPS) is 10.7. The molecule has 0 fully saturated rings. The fraction of sp³-hybridized carbons (Fsp3) is 0.278. The number of amides is 1. The zero-order valence-corrected chi connectivity index (χ0v) is 15.0. The lowest BCUT2D eigenvalue weighted by molar-refractivity contribution is -0.147. The third-order valence-corrected chi connectivity index (χ3v) is 4.06. The number of anilines is 1. The number of carbonyl (C=O) groups is 2. The summed E-state index contributed by atoms with van der Waals surface area (Å²) in [6, 6.07) is 7.31. The Balaban J connectivity index is 1.51. The van der Waals surface area contributed by atoms with Crippen molar-refractivity contribution < 1.29 is 14.3 Å². The number of carbonyl (C=O) groups excluding carboxylic acids is 2. The van der Waals surface area contributed by atoms with Crippen LogP contribution in [0.4, 0.5) is 5.69 Å². The van der Waals surface area contributed by atoms with E-state index in [-0.39, 0.29) is 25.1 Å². The third-order valence-electron chi connectivity index (χ3n) is 4.06. The van der Waals surface area contributed by atoms with E-state index in [1.165, 1.54) is 21.8 Å². The van der Waals surface area contributed by atoms with E-state index in [4.69, 9.17) is 4.74 Å². The molecule has 3 rings (SSSR count). The minimum absolute atomic E-state index is 0.0506. The fourth-order valence-electron chi connectivity index (χ4n) is 2.56. The molecule has 0 atom stereocenters. The molecule has 0 aliphatic heterocycles. The number of rotatable bonds is 6. The molecule has 0 spiro atoms. The molecular formula is C18H19N5O4. The minimum atomic E-state index is -0.576. The minimum Gasteiger partial charge on any atom is -0.456 e. The summed E-state index contributed by atoms with van der Waals surface area (Å²) in [5.41, 5.74) is 1.78. The quantitative estimate of drug-likeness (QED) is 0.650. The molecule has 140 valence electrons. The van der Waals surface area contributed by atoms with Gasteiger partial charge in [-0.3, -0.25) is 23.6 Å². The van der Waals surface area contributed by atoms with Gasteiger partial charge in [0.25, 0.3) is 11.5 Å². The summed E-state index contributed by atoms with van der Waals surface area (Å²) in [6.45, 7) is 1.59. The van der Waals surface area contributed by atoms with Crippen molar-refractivity contribution in [2.45, 2.75) is 19.9 Å². The Kier molecular flexibility index (Phi) is 5.30. The summed E-state index contributed by atoms with van der Waals surface area (Å²) in [4.78, 5) is 40.2. The average Bonchev–Trinajstić information content (AvgIpc) is 3.03. The molecule has 0 unspecified atom stereocenters. The second-order valence-electron chi connectivity index (χ2n) is 6.02. The fourth-order valence-corrected chi connectivity index (χ4v) is 2.56. The van der Waals surface area contributed by atoms with E-state index in [2.05, 4.69) is 15.4 Å². The molecule has 0 bridgehead atoms. The summed E-state index contributed by atoms with van der Waals surface area (Å²) in [7, 11) is 1.69. The molecule has 0 aliphatic rings. The van der Waals surface area contributed by atoms with Crippen LogP contribution < -0.4 is 10.9 Å². The number of fused-ring (bicyclic) bond motifs is 1. The van der Waals surface area contributed by atoms with Gasteiger partial charge in [-0.05, 0) is 18.6 Å².